The van der Waals surface area contributed by atoms with E-state index in [9.17, 15) is 4.79 Å². The van der Waals surface area contributed by atoms with Crippen molar-refractivity contribution in [2.45, 2.75) is 13.3 Å². The van der Waals surface area contributed by atoms with Gasteiger partial charge in [-0.15, -0.1) is 0 Å². The average molecular weight is 271 g/mol. The molecule has 0 aromatic heterocycles. The van der Waals surface area contributed by atoms with Crippen LogP contribution in [0.15, 0.2) is 27.8 Å². The van der Waals surface area contributed by atoms with Crippen LogP contribution in [0.2, 0.25) is 0 Å². The van der Waals surface area contributed by atoms with Gasteiger partial charge in [0, 0.05) is 10.2 Å². The largest absolute Gasteiger partial charge is 0.411 e. The van der Waals surface area contributed by atoms with Gasteiger partial charge in [-0.1, -0.05) is 28.0 Å². The highest BCUT2D eigenvalue weighted by atomic mass is 79.9. The van der Waals surface area contributed by atoms with Gasteiger partial charge in [-0.3, -0.25) is 4.79 Å². The monoisotopic (exact) mass is 270 g/mol. The van der Waals surface area contributed by atoms with Crippen LogP contribution in [0.3, 0.4) is 0 Å². The smallest absolute Gasteiger partial charge is 0.270 e. The van der Waals surface area contributed by atoms with Gasteiger partial charge in [0.15, 0.2) is 0 Å². The zero-order chi connectivity index (χ0) is 11.3. The molecule has 0 radical (unpaired) electrons. The molecule has 1 rings (SSSR count). The summed E-state index contributed by atoms with van der Waals surface area (Å²) in [4.78, 5) is 11.1. The van der Waals surface area contributed by atoms with Crippen molar-refractivity contribution in [2.24, 2.45) is 5.16 Å². The number of hydrogen-bond acceptors (Lipinski definition) is 3. The van der Waals surface area contributed by atoms with Crippen molar-refractivity contribution in [2.75, 3.05) is 5.32 Å². The highest BCUT2D eigenvalue weighted by Gasteiger charge is 2.01. The van der Waals surface area contributed by atoms with Crippen molar-refractivity contribution in [1.29, 1.82) is 0 Å². The summed E-state index contributed by atoms with van der Waals surface area (Å²) in [5.41, 5.74) is 1.78. The van der Waals surface area contributed by atoms with E-state index in [4.69, 9.17) is 5.21 Å². The highest BCUT2D eigenvalue weighted by molar-refractivity contribution is 9.10. The molecule has 0 aliphatic rings. The number of carbonyl (C=O) groups excluding carboxylic acids is 1. The van der Waals surface area contributed by atoms with Gasteiger partial charge in [-0.05, 0) is 30.2 Å². The SMILES string of the molecule is CCc1cc(Br)cc(NC(=O)/C=N\O)c1. The number of nitrogens with zero attached hydrogens (tertiary/aromatic N) is 1. The summed E-state index contributed by atoms with van der Waals surface area (Å²) in [5, 5.41) is 13.4. The van der Waals surface area contributed by atoms with Crippen molar-refractivity contribution in [3.05, 3.63) is 28.2 Å². The van der Waals surface area contributed by atoms with Gasteiger partial charge in [0.25, 0.3) is 5.91 Å². The summed E-state index contributed by atoms with van der Waals surface area (Å²) in [7, 11) is 0. The second kappa shape index (κ2) is 5.50. The molecule has 0 bridgehead atoms. The summed E-state index contributed by atoms with van der Waals surface area (Å²) in [6.07, 6.45) is 1.70. The molecule has 0 fully saturated rings. The van der Waals surface area contributed by atoms with Gasteiger partial charge >= 0.3 is 0 Å². The fourth-order valence-electron chi connectivity index (χ4n) is 1.15. The Morgan fingerprint density at radius 2 is 2.33 bits per heavy atom. The zero-order valence-corrected chi connectivity index (χ0v) is 9.78. The second-order valence-corrected chi connectivity index (χ2v) is 3.85. The number of hydrogen-bond donors (Lipinski definition) is 2. The predicted octanol–water partition coefficient (Wildman–Crippen LogP) is 2.41. The predicted molar refractivity (Wildman–Crippen MR) is 62.4 cm³/mol. The van der Waals surface area contributed by atoms with Crippen LogP contribution in [0.4, 0.5) is 5.69 Å². The van der Waals surface area contributed by atoms with E-state index in [1.807, 2.05) is 19.1 Å². The lowest BCUT2D eigenvalue weighted by atomic mass is 10.1. The number of rotatable bonds is 3. The second-order valence-electron chi connectivity index (χ2n) is 2.94. The quantitative estimate of drug-likeness (QED) is 0.503. The molecule has 0 aliphatic heterocycles. The Hall–Kier alpha value is -1.36. The molecule has 1 aromatic carbocycles. The summed E-state index contributed by atoms with van der Waals surface area (Å²) in [6.45, 7) is 2.03. The number of amides is 1. The summed E-state index contributed by atoms with van der Waals surface area (Å²) in [5.74, 6) is -0.461. The van der Waals surface area contributed by atoms with E-state index in [-0.39, 0.29) is 0 Å². The molecule has 2 N–H and O–H groups in total. The van der Waals surface area contributed by atoms with E-state index in [1.165, 1.54) is 0 Å². The van der Waals surface area contributed by atoms with Crippen LogP contribution in [0.5, 0.6) is 0 Å². The molecule has 1 aromatic rings. The van der Waals surface area contributed by atoms with Crippen molar-refractivity contribution in [3.8, 4) is 0 Å². The molecule has 80 valence electrons. The standard InChI is InChI=1S/C10H11BrN2O2/c1-2-7-3-8(11)5-9(4-7)13-10(14)6-12-15/h3-6,15H,2H2,1H3,(H,13,14)/b12-6-. The summed E-state index contributed by atoms with van der Waals surface area (Å²) in [6, 6.07) is 5.63. The number of halogens is 1. The number of oxime groups is 1. The Balaban J connectivity index is 2.85. The molecule has 0 aliphatic carbocycles. The first kappa shape index (κ1) is 11.7. The van der Waals surface area contributed by atoms with E-state index in [2.05, 4.69) is 26.4 Å². The molecule has 0 saturated carbocycles. The maximum atomic E-state index is 11.1. The van der Waals surface area contributed by atoms with E-state index in [0.29, 0.717) is 5.69 Å². The van der Waals surface area contributed by atoms with Gasteiger partial charge < -0.3 is 10.5 Å². The first-order chi connectivity index (χ1) is 7.15. The maximum Gasteiger partial charge on any atom is 0.270 e. The zero-order valence-electron chi connectivity index (χ0n) is 8.20. The number of nitrogens with one attached hydrogen (secondary N) is 1. The molecule has 0 atom stereocenters. The van der Waals surface area contributed by atoms with E-state index >= 15 is 0 Å². The first-order valence-corrected chi connectivity index (χ1v) is 5.23. The van der Waals surface area contributed by atoms with Crippen LogP contribution in [0.25, 0.3) is 0 Å². The first-order valence-electron chi connectivity index (χ1n) is 4.43. The molecule has 4 nitrogen and oxygen atoms in total. The Morgan fingerprint density at radius 3 is 2.93 bits per heavy atom. The summed E-state index contributed by atoms with van der Waals surface area (Å²) >= 11 is 3.35. The minimum absolute atomic E-state index is 0.461. The molecule has 15 heavy (non-hydrogen) atoms. The third kappa shape index (κ3) is 3.71. The summed E-state index contributed by atoms with van der Waals surface area (Å²) < 4.78 is 0.901. The van der Waals surface area contributed by atoms with Crippen LogP contribution in [-0.2, 0) is 11.2 Å². The Labute approximate surface area is 96.1 Å². The van der Waals surface area contributed by atoms with Crippen molar-refractivity contribution < 1.29 is 10.0 Å². The molecular weight excluding hydrogens is 260 g/mol. The lowest BCUT2D eigenvalue weighted by Crippen LogP contribution is -2.12. The van der Waals surface area contributed by atoms with Crippen molar-refractivity contribution in [1.82, 2.24) is 0 Å². The van der Waals surface area contributed by atoms with Crippen LogP contribution in [-0.4, -0.2) is 17.3 Å². The van der Waals surface area contributed by atoms with E-state index in [0.717, 1.165) is 22.7 Å². The molecule has 0 spiro atoms. The van der Waals surface area contributed by atoms with Gasteiger partial charge in [0.2, 0.25) is 0 Å². The van der Waals surface area contributed by atoms with Gasteiger partial charge in [0.05, 0.1) is 0 Å². The molecule has 0 unspecified atom stereocenters. The highest BCUT2D eigenvalue weighted by Crippen LogP contribution is 2.19. The minimum atomic E-state index is -0.461. The number of carbonyl (C=O) groups is 1. The molecular formula is C10H11BrN2O2. The fourth-order valence-corrected chi connectivity index (χ4v) is 1.69. The third-order valence-corrected chi connectivity index (χ3v) is 2.27. The Kier molecular flexibility index (Phi) is 4.30. The topological polar surface area (TPSA) is 61.7 Å². The van der Waals surface area contributed by atoms with Crippen molar-refractivity contribution >= 4 is 33.7 Å². The minimum Gasteiger partial charge on any atom is -0.411 e. The average Bonchev–Trinajstić information content (AvgIpc) is 2.17. The van der Waals surface area contributed by atoms with E-state index < -0.39 is 5.91 Å². The molecule has 0 saturated heterocycles. The van der Waals surface area contributed by atoms with Crippen molar-refractivity contribution in [3.63, 3.8) is 0 Å². The van der Waals surface area contributed by atoms with Crippen LogP contribution in [0, 0.1) is 0 Å². The molecule has 5 heteroatoms. The number of benzene rings is 1. The normalized spacial score (nSPS) is 10.5. The maximum absolute atomic E-state index is 11.1. The third-order valence-electron chi connectivity index (χ3n) is 1.81. The molecule has 0 heterocycles. The number of anilines is 1. The Bertz CT molecular complexity index is 391. The van der Waals surface area contributed by atoms with Gasteiger partial charge in [-0.2, -0.15) is 0 Å². The number of aryl methyl sites for hydroxylation is 1. The fraction of sp³-hybridized carbons (Fsp3) is 0.200. The lowest BCUT2D eigenvalue weighted by Gasteiger charge is -2.05. The Morgan fingerprint density at radius 1 is 1.60 bits per heavy atom. The van der Waals surface area contributed by atoms with Crippen LogP contribution >= 0.6 is 15.9 Å². The lowest BCUT2D eigenvalue weighted by molar-refractivity contribution is -0.110. The van der Waals surface area contributed by atoms with E-state index in [1.54, 1.807) is 6.07 Å². The molecule has 1 amide bonds. The van der Waals surface area contributed by atoms with Crippen LogP contribution < -0.4 is 5.32 Å². The van der Waals surface area contributed by atoms with Gasteiger partial charge in [0.1, 0.15) is 6.21 Å². The van der Waals surface area contributed by atoms with Gasteiger partial charge in [-0.25, -0.2) is 0 Å². The van der Waals surface area contributed by atoms with Crippen LogP contribution in [0.1, 0.15) is 12.5 Å².